The Morgan fingerprint density at radius 1 is 1.05 bits per heavy atom. The van der Waals surface area contributed by atoms with Gasteiger partial charge in [0, 0.05) is 18.4 Å². The molecular weight excluding hydrogens is 258 g/mol. The quantitative estimate of drug-likeness (QED) is 0.632. The highest BCUT2D eigenvalue weighted by Gasteiger charge is 2.13. The lowest BCUT2D eigenvalue weighted by atomic mass is 9.97. The molecule has 0 radical (unpaired) electrons. The molecule has 0 saturated heterocycles. The largest absolute Gasteiger partial charge is 0.271 e. The number of aryl methyl sites for hydroxylation is 3. The molecular formula is C18H23N3. The fourth-order valence-electron chi connectivity index (χ4n) is 3.17. The van der Waals surface area contributed by atoms with Crippen LogP contribution < -0.4 is 11.3 Å². The molecule has 0 aliphatic heterocycles. The van der Waals surface area contributed by atoms with Gasteiger partial charge in [-0.3, -0.25) is 16.3 Å². The van der Waals surface area contributed by atoms with Gasteiger partial charge < -0.3 is 0 Å². The van der Waals surface area contributed by atoms with E-state index in [1.807, 2.05) is 12.4 Å². The number of fused-ring (bicyclic) bond motifs is 1. The van der Waals surface area contributed by atoms with E-state index >= 15 is 0 Å². The summed E-state index contributed by atoms with van der Waals surface area (Å²) < 4.78 is 0. The van der Waals surface area contributed by atoms with E-state index in [2.05, 4.69) is 40.7 Å². The van der Waals surface area contributed by atoms with Crippen molar-refractivity contribution >= 4 is 0 Å². The number of nitrogens with two attached hydrogens (primary N) is 1. The summed E-state index contributed by atoms with van der Waals surface area (Å²) in [5.41, 5.74) is 8.76. The van der Waals surface area contributed by atoms with Gasteiger partial charge in [0.25, 0.3) is 0 Å². The molecule has 1 aromatic carbocycles. The zero-order chi connectivity index (χ0) is 14.5. The van der Waals surface area contributed by atoms with Crippen molar-refractivity contribution in [2.24, 2.45) is 5.84 Å². The molecule has 110 valence electrons. The normalized spacial score (nSPS) is 14.9. The van der Waals surface area contributed by atoms with Crippen molar-refractivity contribution in [2.75, 3.05) is 0 Å². The molecule has 1 aliphatic carbocycles. The van der Waals surface area contributed by atoms with Crippen LogP contribution in [0, 0.1) is 0 Å². The molecule has 1 heterocycles. The lowest BCUT2D eigenvalue weighted by Gasteiger charge is -2.16. The third-order valence-corrected chi connectivity index (χ3v) is 4.41. The van der Waals surface area contributed by atoms with Gasteiger partial charge in [0.15, 0.2) is 0 Å². The zero-order valence-electron chi connectivity index (χ0n) is 12.4. The van der Waals surface area contributed by atoms with Gasteiger partial charge in [0.05, 0.1) is 0 Å². The molecule has 1 atom stereocenters. The van der Waals surface area contributed by atoms with Gasteiger partial charge in [-0.15, -0.1) is 0 Å². The van der Waals surface area contributed by atoms with Crippen LogP contribution in [0.15, 0.2) is 42.7 Å². The van der Waals surface area contributed by atoms with E-state index in [1.54, 1.807) is 0 Å². The first-order valence-electron chi connectivity index (χ1n) is 7.81. The van der Waals surface area contributed by atoms with Gasteiger partial charge in [-0.05, 0) is 72.9 Å². The van der Waals surface area contributed by atoms with Crippen LogP contribution in [-0.4, -0.2) is 11.0 Å². The molecule has 0 spiro atoms. The Bertz CT molecular complexity index is 580. The minimum Gasteiger partial charge on any atom is -0.271 e. The number of nitrogens with one attached hydrogen (secondary N) is 1. The van der Waals surface area contributed by atoms with E-state index in [-0.39, 0.29) is 0 Å². The Balaban J connectivity index is 1.59. The Hall–Kier alpha value is -1.71. The standard InChI is InChI=1S/C18H23N3/c19-21-18(7-5-14-8-10-20-11-9-14)13-15-4-6-16-2-1-3-17(16)12-15/h4,6,8-12,18,21H,1-3,5,7,13,19H2. The van der Waals surface area contributed by atoms with Crippen molar-refractivity contribution in [3.8, 4) is 0 Å². The smallest absolute Gasteiger partial charge is 0.0270 e. The summed E-state index contributed by atoms with van der Waals surface area (Å²) in [7, 11) is 0. The van der Waals surface area contributed by atoms with Crippen molar-refractivity contribution in [2.45, 2.75) is 44.6 Å². The maximum absolute atomic E-state index is 5.74. The van der Waals surface area contributed by atoms with Gasteiger partial charge in [-0.25, -0.2) is 0 Å². The van der Waals surface area contributed by atoms with E-state index in [1.165, 1.54) is 41.5 Å². The average Bonchev–Trinajstić information content (AvgIpc) is 3.00. The number of benzene rings is 1. The van der Waals surface area contributed by atoms with Gasteiger partial charge in [-0.2, -0.15) is 0 Å². The van der Waals surface area contributed by atoms with Crippen LogP contribution in [-0.2, 0) is 25.7 Å². The van der Waals surface area contributed by atoms with Crippen LogP contribution >= 0.6 is 0 Å². The van der Waals surface area contributed by atoms with Gasteiger partial charge >= 0.3 is 0 Å². The monoisotopic (exact) mass is 281 g/mol. The molecule has 0 bridgehead atoms. The van der Waals surface area contributed by atoms with Crippen LogP contribution in [0.4, 0.5) is 0 Å². The molecule has 3 N–H and O–H groups in total. The predicted octanol–water partition coefficient (Wildman–Crippen LogP) is 2.58. The fourth-order valence-corrected chi connectivity index (χ4v) is 3.17. The first-order valence-corrected chi connectivity index (χ1v) is 7.81. The first-order chi connectivity index (χ1) is 10.3. The summed E-state index contributed by atoms with van der Waals surface area (Å²) in [5, 5.41) is 0. The highest BCUT2D eigenvalue weighted by molar-refractivity contribution is 5.35. The summed E-state index contributed by atoms with van der Waals surface area (Å²) >= 11 is 0. The number of hydrogen-bond acceptors (Lipinski definition) is 3. The molecule has 1 aromatic heterocycles. The van der Waals surface area contributed by atoms with E-state index in [0.717, 1.165) is 19.3 Å². The maximum Gasteiger partial charge on any atom is 0.0270 e. The van der Waals surface area contributed by atoms with E-state index in [0.29, 0.717) is 6.04 Å². The van der Waals surface area contributed by atoms with Crippen LogP contribution in [0.5, 0.6) is 0 Å². The van der Waals surface area contributed by atoms with Crippen molar-refractivity contribution in [1.82, 2.24) is 10.4 Å². The number of nitrogens with zero attached hydrogens (tertiary/aromatic N) is 1. The topological polar surface area (TPSA) is 50.9 Å². The molecule has 0 amide bonds. The Labute approximate surface area is 126 Å². The van der Waals surface area contributed by atoms with E-state index in [9.17, 15) is 0 Å². The number of hydrogen-bond donors (Lipinski definition) is 2. The van der Waals surface area contributed by atoms with E-state index in [4.69, 9.17) is 5.84 Å². The lowest BCUT2D eigenvalue weighted by Crippen LogP contribution is -2.37. The molecule has 3 heteroatoms. The molecule has 3 nitrogen and oxygen atoms in total. The fraction of sp³-hybridized carbons (Fsp3) is 0.389. The molecule has 1 aliphatic rings. The zero-order valence-corrected chi connectivity index (χ0v) is 12.4. The second-order valence-corrected chi connectivity index (χ2v) is 5.92. The molecule has 1 unspecified atom stereocenters. The number of rotatable bonds is 6. The second-order valence-electron chi connectivity index (χ2n) is 5.92. The highest BCUT2D eigenvalue weighted by Crippen LogP contribution is 2.23. The van der Waals surface area contributed by atoms with Crippen LogP contribution in [0.1, 0.15) is 35.1 Å². The maximum atomic E-state index is 5.74. The Kier molecular flexibility index (Phi) is 4.63. The Morgan fingerprint density at radius 2 is 1.86 bits per heavy atom. The van der Waals surface area contributed by atoms with Crippen LogP contribution in [0.2, 0.25) is 0 Å². The minimum atomic E-state index is 0.317. The van der Waals surface area contributed by atoms with E-state index < -0.39 is 0 Å². The predicted molar refractivity (Wildman–Crippen MR) is 85.8 cm³/mol. The second kappa shape index (κ2) is 6.83. The third-order valence-electron chi connectivity index (χ3n) is 4.41. The van der Waals surface area contributed by atoms with Gasteiger partial charge in [-0.1, -0.05) is 18.2 Å². The number of hydrazine groups is 1. The molecule has 21 heavy (non-hydrogen) atoms. The Morgan fingerprint density at radius 3 is 2.67 bits per heavy atom. The molecule has 2 aromatic rings. The summed E-state index contributed by atoms with van der Waals surface area (Å²) in [6.07, 6.45) is 10.5. The summed E-state index contributed by atoms with van der Waals surface area (Å²) in [5.74, 6) is 5.74. The first kappa shape index (κ1) is 14.2. The summed E-state index contributed by atoms with van der Waals surface area (Å²) in [4.78, 5) is 4.05. The van der Waals surface area contributed by atoms with Gasteiger partial charge in [0.1, 0.15) is 0 Å². The minimum absolute atomic E-state index is 0.317. The van der Waals surface area contributed by atoms with Crippen molar-refractivity contribution < 1.29 is 0 Å². The SMILES string of the molecule is NNC(CCc1ccncc1)Cc1ccc2c(c1)CCC2. The molecule has 0 fully saturated rings. The van der Waals surface area contributed by atoms with Crippen molar-refractivity contribution in [3.63, 3.8) is 0 Å². The van der Waals surface area contributed by atoms with Gasteiger partial charge in [0.2, 0.25) is 0 Å². The van der Waals surface area contributed by atoms with Crippen molar-refractivity contribution in [1.29, 1.82) is 0 Å². The van der Waals surface area contributed by atoms with Crippen LogP contribution in [0.3, 0.4) is 0 Å². The number of aromatic nitrogens is 1. The van der Waals surface area contributed by atoms with Crippen molar-refractivity contribution in [3.05, 3.63) is 65.0 Å². The molecule has 3 rings (SSSR count). The highest BCUT2D eigenvalue weighted by atomic mass is 15.2. The number of pyridine rings is 1. The van der Waals surface area contributed by atoms with Crippen LogP contribution in [0.25, 0.3) is 0 Å². The summed E-state index contributed by atoms with van der Waals surface area (Å²) in [6.45, 7) is 0. The molecule has 0 saturated carbocycles. The third kappa shape index (κ3) is 3.69. The average molecular weight is 281 g/mol. The lowest BCUT2D eigenvalue weighted by molar-refractivity contribution is 0.491. The summed E-state index contributed by atoms with van der Waals surface area (Å²) in [6, 6.07) is 11.4.